The van der Waals surface area contributed by atoms with E-state index >= 15 is 0 Å². The summed E-state index contributed by atoms with van der Waals surface area (Å²) in [4.78, 5) is 28.5. The predicted molar refractivity (Wildman–Crippen MR) is 107 cm³/mol. The fraction of sp³-hybridized carbons (Fsp3) is 0.250. The van der Waals surface area contributed by atoms with Crippen molar-refractivity contribution in [2.45, 2.75) is 24.9 Å². The highest BCUT2D eigenvalue weighted by Crippen LogP contribution is 2.50. The van der Waals surface area contributed by atoms with Crippen molar-refractivity contribution in [2.24, 2.45) is 11.8 Å². The van der Waals surface area contributed by atoms with Crippen LogP contribution in [0.5, 0.6) is 0 Å². The number of Topliss-reactive ketones (excluding diaryl/α,β-unsaturated/α-hetero) is 1. The molecule has 1 saturated heterocycles. The molecule has 1 heterocycles. The lowest BCUT2D eigenvalue weighted by atomic mass is 9.67. The Morgan fingerprint density at radius 1 is 0.964 bits per heavy atom. The number of anilines is 1. The molecule has 0 bridgehead atoms. The monoisotopic (exact) mass is 371 g/mol. The zero-order chi connectivity index (χ0) is 19.3. The first-order valence-electron chi connectivity index (χ1n) is 9.73. The quantitative estimate of drug-likeness (QED) is 0.876. The number of benzene rings is 2. The second-order valence-corrected chi connectivity index (χ2v) is 7.72. The lowest BCUT2D eigenvalue weighted by Crippen LogP contribution is -2.53. The molecule has 28 heavy (non-hydrogen) atoms. The molecule has 0 radical (unpaired) electrons. The minimum absolute atomic E-state index is 0.124. The Balaban J connectivity index is 1.61. The maximum atomic E-state index is 13.6. The maximum absolute atomic E-state index is 13.6. The van der Waals surface area contributed by atoms with E-state index in [1.807, 2.05) is 66.8 Å². The first kappa shape index (κ1) is 17.1. The SMILES string of the molecule is O=C1c2ccccc2CC[C@@H]1[C@@]1(O)C(=O)N(c2ccccc2)C2=CC=CCC21. The summed E-state index contributed by atoms with van der Waals surface area (Å²) in [5.74, 6) is -1.66. The molecule has 0 spiro atoms. The normalized spacial score (nSPS) is 28.8. The van der Waals surface area contributed by atoms with Gasteiger partial charge >= 0.3 is 0 Å². The van der Waals surface area contributed by atoms with Gasteiger partial charge in [-0.1, -0.05) is 54.6 Å². The minimum Gasteiger partial charge on any atom is -0.378 e. The van der Waals surface area contributed by atoms with Crippen molar-refractivity contribution < 1.29 is 14.7 Å². The van der Waals surface area contributed by atoms with Crippen LogP contribution in [0.1, 0.15) is 28.8 Å². The van der Waals surface area contributed by atoms with Crippen molar-refractivity contribution >= 4 is 17.4 Å². The van der Waals surface area contributed by atoms with Crippen LogP contribution in [0, 0.1) is 11.8 Å². The van der Waals surface area contributed by atoms with Gasteiger partial charge in [0.05, 0.1) is 5.92 Å². The van der Waals surface area contributed by atoms with Crippen LogP contribution in [-0.2, 0) is 11.2 Å². The molecule has 3 aliphatic rings. The van der Waals surface area contributed by atoms with Gasteiger partial charge in [0, 0.05) is 22.9 Å². The van der Waals surface area contributed by atoms with Gasteiger partial charge in [-0.25, -0.2) is 0 Å². The van der Waals surface area contributed by atoms with Crippen molar-refractivity contribution in [3.05, 3.63) is 89.6 Å². The molecule has 2 aliphatic carbocycles. The molecule has 5 rings (SSSR count). The Morgan fingerprint density at radius 3 is 2.54 bits per heavy atom. The van der Waals surface area contributed by atoms with E-state index in [4.69, 9.17) is 0 Å². The summed E-state index contributed by atoms with van der Waals surface area (Å²) in [6, 6.07) is 16.9. The zero-order valence-electron chi connectivity index (χ0n) is 15.4. The molecule has 3 atom stereocenters. The van der Waals surface area contributed by atoms with E-state index in [0.717, 1.165) is 16.9 Å². The van der Waals surface area contributed by atoms with E-state index in [1.54, 1.807) is 11.0 Å². The molecule has 1 unspecified atom stereocenters. The Hall–Kier alpha value is -2.98. The zero-order valence-corrected chi connectivity index (χ0v) is 15.4. The second kappa shape index (κ2) is 6.28. The molecule has 1 fully saturated rings. The predicted octanol–water partition coefficient (Wildman–Crippen LogP) is 3.67. The van der Waals surface area contributed by atoms with Gasteiger partial charge in [0.1, 0.15) is 0 Å². The summed E-state index contributed by atoms with van der Waals surface area (Å²) in [5, 5.41) is 11.8. The summed E-state index contributed by atoms with van der Waals surface area (Å²) >= 11 is 0. The highest BCUT2D eigenvalue weighted by atomic mass is 16.3. The van der Waals surface area contributed by atoms with Crippen LogP contribution in [0.3, 0.4) is 0 Å². The van der Waals surface area contributed by atoms with E-state index < -0.39 is 23.3 Å². The number of aliphatic hydroxyl groups is 1. The molecule has 4 nitrogen and oxygen atoms in total. The van der Waals surface area contributed by atoms with Crippen LogP contribution in [0.25, 0.3) is 0 Å². The van der Waals surface area contributed by atoms with E-state index in [1.165, 1.54) is 0 Å². The number of aryl methyl sites for hydroxylation is 1. The Bertz CT molecular complexity index is 1020. The third kappa shape index (κ3) is 2.28. The van der Waals surface area contributed by atoms with E-state index in [-0.39, 0.29) is 5.78 Å². The molecular formula is C24H21NO3. The molecule has 4 heteroatoms. The standard InChI is InChI=1S/C24H21NO3/c26-22-18-11-5-4-8-16(18)14-15-20(22)24(28)19-12-6-7-13-21(19)25(23(24)27)17-9-2-1-3-10-17/h1-11,13,19-20,28H,12,14-15H2/t19?,20-,24+/m0/s1. The first-order valence-corrected chi connectivity index (χ1v) is 9.73. The molecule has 0 saturated carbocycles. The molecule has 2 aromatic carbocycles. The summed E-state index contributed by atoms with van der Waals surface area (Å²) in [7, 11) is 0. The van der Waals surface area contributed by atoms with Crippen LogP contribution in [0.15, 0.2) is 78.5 Å². The van der Waals surface area contributed by atoms with E-state index in [0.29, 0.717) is 24.8 Å². The van der Waals surface area contributed by atoms with Crippen molar-refractivity contribution in [3.8, 4) is 0 Å². The summed E-state index contributed by atoms with van der Waals surface area (Å²) in [6.45, 7) is 0. The molecule has 2 aromatic rings. The molecule has 1 aliphatic heterocycles. The largest absolute Gasteiger partial charge is 0.378 e. The van der Waals surface area contributed by atoms with Gasteiger partial charge in [0.15, 0.2) is 11.4 Å². The van der Waals surface area contributed by atoms with Crippen LogP contribution in [0.2, 0.25) is 0 Å². The Labute approximate surface area is 163 Å². The average molecular weight is 371 g/mol. The summed E-state index contributed by atoms with van der Waals surface area (Å²) in [6.07, 6.45) is 7.48. The third-order valence-electron chi connectivity index (χ3n) is 6.31. The van der Waals surface area contributed by atoms with Crippen LogP contribution in [0.4, 0.5) is 5.69 Å². The maximum Gasteiger partial charge on any atom is 0.264 e. The molecule has 0 aromatic heterocycles. The number of nitrogens with zero attached hydrogens (tertiary/aromatic N) is 1. The third-order valence-corrected chi connectivity index (χ3v) is 6.31. The average Bonchev–Trinajstić information content (AvgIpc) is 2.97. The van der Waals surface area contributed by atoms with Crippen LogP contribution in [-0.4, -0.2) is 22.4 Å². The van der Waals surface area contributed by atoms with Crippen LogP contribution < -0.4 is 4.90 Å². The fourth-order valence-corrected chi connectivity index (χ4v) is 4.95. The Kier molecular flexibility index (Phi) is 3.84. The van der Waals surface area contributed by atoms with E-state index in [9.17, 15) is 14.7 Å². The number of carbonyl (C=O) groups is 2. The summed E-state index contributed by atoms with van der Waals surface area (Å²) in [5.41, 5.74) is 1.40. The number of rotatable bonds is 2. The van der Waals surface area contributed by atoms with Gasteiger partial charge in [0.2, 0.25) is 0 Å². The highest BCUT2D eigenvalue weighted by Gasteiger charge is 2.62. The van der Waals surface area contributed by atoms with Gasteiger partial charge in [-0.2, -0.15) is 0 Å². The number of allylic oxidation sites excluding steroid dienone is 3. The molecule has 1 N–H and O–H groups in total. The minimum atomic E-state index is -1.73. The number of hydrogen-bond donors (Lipinski definition) is 1. The number of amides is 1. The van der Waals surface area contributed by atoms with Gasteiger partial charge in [-0.3, -0.25) is 14.5 Å². The molecular weight excluding hydrogens is 350 g/mol. The van der Waals surface area contributed by atoms with Gasteiger partial charge in [0.25, 0.3) is 5.91 Å². The van der Waals surface area contributed by atoms with Crippen molar-refractivity contribution in [1.29, 1.82) is 0 Å². The Morgan fingerprint density at radius 2 is 1.71 bits per heavy atom. The number of carbonyl (C=O) groups excluding carboxylic acids is 2. The van der Waals surface area contributed by atoms with Gasteiger partial charge in [-0.05, 0) is 43.0 Å². The smallest absolute Gasteiger partial charge is 0.264 e. The fourth-order valence-electron chi connectivity index (χ4n) is 4.95. The lowest BCUT2D eigenvalue weighted by Gasteiger charge is -2.37. The summed E-state index contributed by atoms with van der Waals surface area (Å²) < 4.78 is 0. The van der Waals surface area contributed by atoms with E-state index in [2.05, 4.69) is 0 Å². The van der Waals surface area contributed by atoms with Crippen molar-refractivity contribution in [2.75, 3.05) is 4.90 Å². The van der Waals surface area contributed by atoms with Crippen LogP contribution >= 0.6 is 0 Å². The first-order chi connectivity index (χ1) is 13.6. The number of hydrogen-bond acceptors (Lipinski definition) is 3. The van der Waals surface area contributed by atoms with Gasteiger partial charge < -0.3 is 5.11 Å². The number of fused-ring (bicyclic) bond motifs is 2. The lowest BCUT2D eigenvalue weighted by molar-refractivity contribution is -0.141. The topological polar surface area (TPSA) is 57.6 Å². The number of para-hydroxylation sites is 1. The van der Waals surface area contributed by atoms with Crippen molar-refractivity contribution in [3.63, 3.8) is 0 Å². The second-order valence-electron chi connectivity index (χ2n) is 7.72. The van der Waals surface area contributed by atoms with Crippen molar-refractivity contribution in [1.82, 2.24) is 0 Å². The number of ketones is 1. The molecule has 140 valence electrons. The molecule has 1 amide bonds. The van der Waals surface area contributed by atoms with Gasteiger partial charge in [-0.15, -0.1) is 0 Å². The highest BCUT2D eigenvalue weighted by molar-refractivity contribution is 6.11.